The zero-order valence-corrected chi connectivity index (χ0v) is 29.0. The number of hydrogen-bond donors (Lipinski definition) is 1. The van der Waals surface area contributed by atoms with Crippen molar-refractivity contribution in [2.45, 2.75) is 76.6 Å². The first-order valence-electron chi connectivity index (χ1n) is 17.5. The smallest absolute Gasteiger partial charge is 0.232 e. The Labute approximate surface area is 285 Å². The summed E-state index contributed by atoms with van der Waals surface area (Å²) in [6.07, 6.45) is 6.94. The average molecular weight is 657 g/mol. The lowest BCUT2D eigenvalue weighted by Crippen LogP contribution is -2.45. The Morgan fingerprint density at radius 3 is 2.34 bits per heavy atom. The van der Waals surface area contributed by atoms with Crippen molar-refractivity contribution < 1.29 is 14.3 Å². The normalized spacial score (nSPS) is 25.7. The second kappa shape index (κ2) is 13.7. The highest BCUT2D eigenvalue weighted by Gasteiger charge is 2.39. The van der Waals surface area contributed by atoms with Crippen molar-refractivity contribution in [3.63, 3.8) is 0 Å². The topological polar surface area (TPSA) is 57.3 Å². The minimum absolute atomic E-state index is 0.0143. The number of nitrogens with zero attached hydrogens (tertiary/aromatic N) is 3. The van der Waals surface area contributed by atoms with Crippen LogP contribution < -0.4 is 24.6 Å². The van der Waals surface area contributed by atoms with Crippen molar-refractivity contribution >= 4 is 28.9 Å². The van der Waals surface area contributed by atoms with Crippen LogP contribution in [0.3, 0.4) is 0 Å². The highest BCUT2D eigenvalue weighted by atomic mass is 35.5. The quantitative estimate of drug-likeness (QED) is 0.251. The van der Waals surface area contributed by atoms with Gasteiger partial charge in [-0.05, 0) is 123 Å². The highest BCUT2D eigenvalue weighted by molar-refractivity contribution is 6.30. The molecule has 2 bridgehead atoms. The van der Waals surface area contributed by atoms with Crippen molar-refractivity contribution in [2.75, 3.05) is 50.1 Å². The third kappa shape index (κ3) is 6.85. The van der Waals surface area contributed by atoms with Gasteiger partial charge in [-0.15, -0.1) is 0 Å². The number of likely N-dealkylation sites (tertiary alicyclic amines) is 1. The number of amides is 1. The van der Waals surface area contributed by atoms with Crippen LogP contribution in [0.1, 0.15) is 68.7 Å². The first kappa shape index (κ1) is 32.3. The molecule has 1 N–H and O–H groups in total. The van der Waals surface area contributed by atoms with Gasteiger partial charge in [0.15, 0.2) is 11.5 Å². The molecule has 47 heavy (non-hydrogen) atoms. The van der Waals surface area contributed by atoms with Crippen LogP contribution in [0.25, 0.3) is 0 Å². The standard InChI is InChI=1S/C39H49ClN4O3/c1-25(2)47-37-20-35-29(17-36(37)46-4)18-38(45)44(39(35)28-9-11-30(40)12-10-28)33-15-13-32(14-16-33)42(3)22-26-5-7-27(8-6-26)23-43-24-31-19-34(43)21-41-31/h9-17,20,25-27,31,34,39,41H,5-8,18-19,21-24H2,1-4H3/t26?,27?,31-,34?,39-/m0/s1. The second-order valence-electron chi connectivity index (χ2n) is 14.5. The fraction of sp³-hybridized carbons (Fsp3) is 0.513. The lowest BCUT2D eigenvalue weighted by Gasteiger charge is -2.38. The van der Waals surface area contributed by atoms with E-state index in [1.165, 1.54) is 57.4 Å². The molecule has 3 aliphatic heterocycles. The van der Waals surface area contributed by atoms with Crippen molar-refractivity contribution in [1.82, 2.24) is 10.2 Å². The van der Waals surface area contributed by atoms with Crippen molar-refractivity contribution in [3.05, 3.63) is 82.4 Å². The molecule has 3 aromatic carbocycles. The zero-order chi connectivity index (χ0) is 32.7. The minimum atomic E-state index is -0.324. The Bertz CT molecular complexity index is 1550. The number of benzene rings is 3. The summed E-state index contributed by atoms with van der Waals surface area (Å²) in [7, 11) is 3.85. The third-order valence-electron chi connectivity index (χ3n) is 10.9. The Morgan fingerprint density at radius 1 is 0.979 bits per heavy atom. The van der Waals surface area contributed by atoms with Gasteiger partial charge in [0.1, 0.15) is 0 Å². The Hall–Kier alpha value is -3.26. The number of rotatable bonds is 10. The van der Waals surface area contributed by atoms with Gasteiger partial charge in [0.05, 0.1) is 25.7 Å². The van der Waals surface area contributed by atoms with Crippen molar-refractivity contribution in [3.8, 4) is 11.5 Å². The van der Waals surface area contributed by atoms with Crippen LogP contribution in [-0.2, 0) is 11.2 Å². The number of hydrogen-bond acceptors (Lipinski definition) is 6. The predicted octanol–water partition coefficient (Wildman–Crippen LogP) is 7.10. The Kier molecular flexibility index (Phi) is 9.41. The number of ether oxygens (including phenoxy) is 2. The highest BCUT2D eigenvalue weighted by Crippen LogP contribution is 2.44. The van der Waals surface area contributed by atoms with E-state index in [1.807, 2.05) is 49.1 Å². The molecule has 3 fully saturated rings. The van der Waals surface area contributed by atoms with E-state index in [1.54, 1.807) is 7.11 Å². The molecule has 8 heteroatoms. The molecule has 1 amide bonds. The minimum Gasteiger partial charge on any atom is -0.493 e. The van der Waals surface area contributed by atoms with E-state index in [0.29, 0.717) is 16.5 Å². The van der Waals surface area contributed by atoms with Crippen molar-refractivity contribution in [1.29, 1.82) is 0 Å². The Balaban J connectivity index is 1.07. The third-order valence-corrected chi connectivity index (χ3v) is 11.1. The summed E-state index contributed by atoms with van der Waals surface area (Å²) in [6.45, 7) is 8.81. The molecule has 2 saturated heterocycles. The fourth-order valence-corrected chi connectivity index (χ4v) is 8.61. The van der Waals surface area contributed by atoms with Crippen LogP contribution in [0.5, 0.6) is 11.5 Å². The molecule has 1 unspecified atom stereocenters. The molecule has 0 spiro atoms. The molecule has 0 aromatic heterocycles. The maximum atomic E-state index is 13.9. The summed E-state index contributed by atoms with van der Waals surface area (Å²) in [5, 5.41) is 4.30. The Morgan fingerprint density at radius 2 is 1.70 bits per heavy atom. The number of nitrogens with one attached hydrogen (secondary N) is 1. The van der Waals surface area contributed by atoms with Crippen LogP contribution in [0.15, 0.2) is 60.7 Å². The van der Waals surface area contributed by atoms with Crippen LogP contribution >= 0.6 is 11.6 Å². The molecule has 250 valence electrons. The molecular formula is C39H49ClN4O3. The molecule has 7 nitrogen and oxygen atoms in total. The van der Waals surface area contributed by atoms with E-state index in [9.17, 15) is 4.79 Å². The van der Waals surface area contributed by atoms with Gasteiger partial charge in [-0.3, -0.25) is 9.69 Å². The number of fused-ring (bicyclic) bond motifs is 3. The van der Waals surface area contributed by atoms with Gasteiger partial charge in [0.25, 0.3) is 0 Å². The lowest BCUT2D eigenvalue weighted by molar-refractivity contribution is -0.118. The average Bonchev–Trinajstić information content (AvgIpc) is 3.69. The van der Waals surface area contributed by atoms with E-state index in [4.69, 9.17) is 21.1 Å². The largest absolute Gasteiger partial charge is 0.493 e. The molecule has 0 radical (unpaired) electrons. The molecule has 7 rings (SSSR count). The van der Waals surface area contributed by atoms with Gasteiger partial charge in [0.2, 0.25) is 5.91 Å². The first-order valence-corrected chi connectivity index (χ1v) is 17.9. The summed E-state index contributed by atoms with van der Waals surface area (Å²) < 4.78 is 11.8. The molecular weight excluding hydrogens is 608 g/mol. The van der Waals surface area contributed by atoms with E-state index < -0.39 is 0 Å². The van der Waals surface area contributed by atoms with Gasteiger partial charge >= 0.3 is 0 Å². The van der Waals surface area contributed by atoms with Gasteiger partial charge in [-0.1, -0.05) is 23.7 Å². The summed E-state index contributed by atoms with van der Waals surface area (Å²) in [4.78, 5) is 21.0. The summed E-state index contributed by atoms with van der Waals surface area (Å²) in [6, 6.07) is 21.6. The number of anilines is 2. The van der Waals surface area contributed by atoms with E-state index >= 15 is 0 Å². The molecule has 4 aliphatic rings. The zero-order valence-electron chi connectivity index (χ0n) is 28.3. The monoisotopic (exact) mass is 656 g/mol. The summed E-state index contributed by atoms with van der Waals surface area (Å²) in [5.41, 5.74) is 5.05. The molecule has 3 atom stereocenters. The first-order chi connectivity index (χ1) is 22.7. The molecule has 3 aromatic rings. The predicted molar refractivity (Wildman–Crippen MR) is 190 cm³/mol. The fourth-order valence-electron chi connectivity index (χ4n) is 8.49. The van der Waals surface area contributed by atoms with Gasteiger partial charge in [-0.25, -0.2) is 0 Å². The number of carbonyl (C=O) groups is 1. The SMILES string of the molecule is COc1cc2c(cc1OC(C)C)[C@H](c1ccc(Cl)cc1)N(c1ccc(N(C)CC3CCC(CN4C[C@@H]5CC4CN5)CC3)cc1)C(=O)C2. The van der Waals surface area contributed by atoms with E-state index in [-0.39, 0.29) is 24.5 Å². The van der Waals surface area contributed by atoms with Crippen molar-refractivity contribution in [2.24, 2.45) is 11.8 Å². The van der Waals surface area contributed by atoms with E-state index in [2.05, 4.69) is 52.5 Å². The van der Waals surface area contributed by atoms with Crippen LogP contribution in [0.4, 0.5) is 11.4 Å². The van der Waals surface area contributed by atoms with Gasteiger partial charge in [0, 0.05) is 61.7 Å². The van der Waals surface area contributed by atoms with E-state index in [0.717, 1.165) is 52.8 Å². The summed E-state index contributed by atoms with van der Waals surface area (Å²) in [5.74, 6) is 2.95. The van der Waals surface area contributed by atoms with Gasteiger partial charge in [-0.2, -0.15) is 0 Å². The number of halogens is 1. The second-order valence-corrected chi connectivity index (χ2v) is 14.9. The maximum Gasteiger partial charge on any atom is 0.232 e. The van der Waals surface area contributed by atoms with Crippen LogP contribution in [0.2, 0.25) is 5.02 Å². The number of carbonyl (C=O) groups excluding carboxylic acids is 1. The lowest BCUT2D eigenvalue weighted by atomic mass is 9.81. The van der Waals surface area contributed by atoms with Gasteiger partial charge < -0.3 is 24.6 Å². The molecule has 1 aliphatic carbocycles. The van der Waals surface area contributed by atoms with Crippen LogP contribution in [-0.4, -0.2) is 69.3 Å². The maximum absolute atomic E-state index is 13.9. The van der Waals surface area contributed by atoms with Crippen LogP contribution in [0, 0.1) is 11.8 Å². The summed E-state index contributed by atoms with van der Waals surface area (Å²) >= 11 is 6.30. The molecule has 1 saturated carbocycles. The molecule has 3 heterocycles. The number of methoxy groups -OCH3 is 1. The number of piperazine rings is 1.